The molecular weight excluding hydrogens is 256 g/mol. The Labute approximate surface area is 106 Å². The van der Waals surface area contributed by atoms with Crippen LogP contribution in [-0.4, -0.2) is 32.8 Å². The quantitative estimate of drug-likeness (QED) is 0.887. The molecule has 0 aromatic carbocycles. The molecule has 88 valence electrons. The first-order chi connectivity index (χ1) is 8.31. The number of amides is 1. The lowest BCUT2D eigenvalue weighted by Crippen LogP contribution is -2.28. The first-order valence-corrected chi connectivity index (χ1v) is 7.06. The predicted octanol–water partition coefficient (Wildman–Crippen LogP) is 1.16. The largest absolute Gasteiger partial charge is 0.305 e. The molecule has 0 fully saturated rings. The Morgan fingerprint density at radius 1 is 1.59 bits per heavy atom. The van der Waals surface area contributed by atoms with Gasteiger partial charge in [-0.3, -0.25) is 14.2 Å². The standard InChI is InChI=1S/C10H10N4OS2/c15-8(13-9-11-1-3-16-9)5-7-6-14-2-4-17-10(14)12-7/h2,4,6H,1,3,5H2,(H,11,13,15). The number of hydrogen-bond acceptors (Lipinski definition) is 5. The molecule has 1 aliphatic rings. The van der Waals surface area contributed by atoms with E-state index in [0.29, 0.717) is 6.42 Å². The van der Waals surface area contributed by atoms with Crippen molar-refractivity contribution in [3.63, 3.8) is 0 Å². The van der Waals surface area contributed by atoms with Gasteiger partial charge in [-0.05, 0) is 0 Å². The van der Waals surface area contributed by atoms with Crippen LogP contribution >= 0.6 is 23.1 Å². The Hall–Kier alpha value is -1.34. The summed E-state index contributed by atoms with van der Waals surface area (Å²) in [5.74, 6) is 0.902. The van der Waals surface area contributed by atoms with Gasteiger partial charge in [0, 0.05) is 23.5 Å². The Morgan fingerprint density at radius 2 is 2.53 bits per heavy atom. The van der Waals surface area contributed by atoms with Gasteiger partial charge in [-0.25, -0.2) is 4.98 Å². The number of aliphatic imine (C=N–C) groups is 1. The molecule has 17 heavy (non-hydrogen) atoms. The number of hydrogen-bond donors (Lipinski definition) is 1. The van der Waals surface area contributed by atoms with Gasteiger partial charge < -0.3 is 5.32 Å². The lowest BCUT2D eigenvalue weighted by atomic mass is 10.3. The molecule has 2 aromatic heterocycles. The number of fused-ring (bicyclic) bond motifs is 1. The number of nitrogens with zero attached hydrogens (tertiary/aromatic N) is 3. The number of amidine groups is 1. The summed E-state index contributed by atoms with van der Waals surface area (Å²) in [6.07, 6.45) is 4.12. The fourth-order valence-corrected chi connectivity index (χ4v) is 3.06. The van der Waals surface area contributed by atoms with Crippen molar-refractivity contribution in [1.29, 1.82) is 0 Å². The maximum Gasteiger partial charge on any atom is 0.231 e. The molecule has 0 unspecified atom stereocenters. The van der Waals surface area contributed by atoms with E-state index in [0.717, 1.165) is 28.1 Å². The summed E-state index contributed by atoms with van der Waals surface area (Å²) in [5, 5.41) is 5.49. The minimum absolute atomic E-state index is 0.0519. The van der Waals surface area contributed by atoms with Gasteiger partial charge in [0.1, 0.15) is 0 Å². The maximum atomic E-state index is 11.7. The SMILES string of the molecule is O=C(Cc1cn2ccsc2n1)NC1=NCCS1. The van der Waals surface area contributed by atoms with E-state index < -0.39 is 0 Å². The summed E-state index contributed by atoms with van der Waals surface area (Å²) in [6.45, 7) is 0.792. The highest BCUT2D eigenvalue weighted by molar-refractivity contribution is 8.14. The van der Waals surface area contributed by atoms with E-state index in [1.165, 1.54) is 0 Å². The smallest absolute Gasteiger partial charge is 0.231 e. The Balaban J connectivity index is 1.66. The van der Waals surface area contributed by atoms with Gasteiger partial charge in [0.15, 0.2) is 10.1 Å². The van der Waals surface area contributed by atoms with Gasteiger partial charge >= 0.3 is 0 Å². The summed E-state index contributed by atoms with van der Waals surface area (Å²) < 4.78 is 1.93. The van der Waals surface area contributed by atoms with Crippen molar-refractivity contribution in [2.45, 2.75) is 6.42 Å². The molecule has 2 aromatic rings. The molecule has 0 radical (unpaired) electrons. The molecule has 1 aliphatic heterocycles. The highest BCUT2D eigenvalue weighted by Gasteiger charge is 2.13. The van der Waals surface area contributed by atoms with Gasteiger partial charge in [0.05, 0.1) is 18.7 Å². The zero-order valence-electron chi connectivity index (χ0n) is 8.92. The number of thiazole rings is 1. The fraction of sp³-hybridized carbons (Fsp3) is 0.300. The highest BCUT2D eigenvalue weighted by atomic mass is 32.2. The third-order valence-electron chi connectivity index (χ3n) is 2.32. The Bertz CT molecular complexity index is 557. The number of rotatable bonds is 2. The molecule has 0 atom stereocenters. The van der Waals surface area contributed by atoms with Crippen LogP contribution in [0.5, 0.6) is 0 Å². The van der Waals surface area contributed by atoms with Gasteiger partial charge in [0.25, 0.3) is 0 Å². The lowest BCUT2D eigenvalue weighted by molar-refractivity contribution is -0.119. The van der Waals surface area contributed by atoms with Crippen molar-refractivity contribution in [2.24, 2.45) is 4.99 Å². The van der Waals surface area contributed by atoms with Crippen molar-refractivity contribution in [1.82, 2.24) is 14.7 Å². The Kier molecular flexibility index (Phi) is 2.86. The number of thioether (sulfide) groups is 1. The third kappa shape index (κ3) is 2.34. The van der Waals surface area contributed by atoms with Crippen LogP contribution in [0.25, 0.3) is 4.96 Å². The molecule has 3 rings (SSSR count). The molecule has 0 aliphatic carbocycles. The summed E-state index contributed by atoms with van der Waals surface area (Å²) in [5.41, 5.74) is 0.790. The molecule has 5 nitrogen and oxygen atoms in total. The number of nitrogens with one attached hydrogen (secondary N) is 1. The normalized spacial score (nSPS) is 15.2. The second-order valence-electron chi connectivity index (χ2n) is 3.59. The summed E-state index contributed by atoms with van der Waals surface area (Å²) in [7, 11) is 0. The minimum Gasteiger partial charge on any atom is -0.305 e. The Morgan fingerprint density at radius 3 is 3.29 bits per heavy atom. The van der Waals surface area contributed by atoms with Gasteiger partial charge in [-0.2, -0.15) is 0 Å². The van der Waals surface area contributed by atoms with Crippen LogP contribution < -0.4 is 5.32 Å². The molecule has 0 bridgehead atoms. The van der Waals surface area contributed by atoms with E-state index in [1.54, 1.807) is 23.1 Å². The molecule has 3 heterocycles. The van der Waals surface area contributed by atoms with Crippen LogP contribution in [-0.2, 0) is 11.2 Å². The number of carbonyl (C=O) groups is 1. The van der Waals surface area contributed by atoms with Crippen LogP contribution in [0.1, 0.15) is 5.69 Å². The lowest BCUT2D eigenvalue weighted by Gasteiger charge is -2.01. The van der Waals surface area contributed by atoms with Crippen LogP contribution in [0.15, 0.2) is 22.8 Å². The summed E-state index contributed by atoms with van der Waals surface area (Å²) in [6, 6.07) is 0. The molecule has 7 heteroatoms. The van der Waals surface area contributed by atoms with E-state index >= 15 is 0 Å². The topological polar surface area (TPSA) is 58.8 Å². The zero-order valence-corrected chi connectivity index (χ0v) is 10.6. The molecule has 0 spiro atoms. The average molecular weight is 266 g/mol. The molecule has 1 amide bonds. The molecule has 0 saturated heterocycles. The van der Waals surface area contributed by atoms with Crippen molar-refractivity contribution in [3.8, 4) is 0 Å². The molecule has 1 N–H and O–H groups in total. The van der Waals surface area contributed by atoms with Gasteiger partial charge in [-0.1, -0.05) is 11.8 Å². The summed E-state index contributed by atoms with van der Waals surface area (Å²) in [4.78, 5) is 21.2. The van der Waals surface area contributed by atoms with Gasteiger partial charge in [-0.15, -0.1) is 11.3 Å². The average Bonchev–Trinajstić information content (AvgIpc) is 2.92. The van der Waals surface area contributed by atoms with Crippen molar-refractivity contribution in [2.75, 3.05) is 12.3 Å². The van der Waals surface area contributed by atoms with Crippen molar-refractivity contribution >= 4 is 39.1 Å². The van der Waals surface area contributed by atoms with Crippen molar-refractivity contribution < 1.29 is 4.79 Å². The van der Waals surface area contributed by atoms with E-state index in [9.17, 15) is 4.79 Å². The van der Waals surface area contributed by atoms with E-state index in [4.69, 9.17) is 0 Å². The second-order valence-corrected chi connectivity index (χ2v) is 5.54. The van der Waals surface area contributed by atoms with E-state index in [2.05, 4.69) is 15.3 Å². The minimum atomic E-state index is -0.0519. The van der Waals surface area contributed by atoms with E-state index in [-0.39, 0.29) is 5.91 Å². The second kappa shape index (κ2) is 4.50. The maximum absolute atomic E-state index is 11.7. The third-order valence-corrected chi connectivity index (χ3v) is 3.98. The number of carbonyl (C=O) groups excluding carboxylic acids is 1. The molecular formula is C10H10N4OS2. The van der Waals surface area contributed by atoms with Gasteiger partial charge in [0.2, 0.25) is 5.91 Å². The number of aromatic nitrogens is 2. The number of imidazole rings is 1. The monoisotopic (exact) mass is 266 g/mol. The predicted molar refractivity (Wildman–Crippen MR) is 69.7 cm³/mol. The highest BCUT2D eigenvalue weighted by Crippen LogP contribution is 2.12. The van der Waals surface area contributed by atoms with Crippen LogP contribution in [0, 0.1) is 0 Å². The van der Waals surface area contributed by atoms with Crippen molar-refractivity contribution in [3.05, 3.63) is 23.5 Å². The first-order valence-electron chi connectivity index (χ1n) is 5.19. The fourth-order valence-electron chi connectivity index (χ4n) is 1.60. The summed E-state index contributed by atoms with van der Waals surface area (Å²) >= 11 is 3.14. The van der Waals surface area contributed by atoms with Crippen LogP contribution in [0.3, 0.4) is 0 Å². The zero-order chi connectivity index (χ0) is 11.7. The van der Waals surface area contributed by atoms with Crippen LogP contribution in [0.2, 0.25) is 0 Å². The van der Waals surface area contributed by atoms with E-state index in [1.807, 2.05) is 22.2 Å². The van der Waals surface area contributed by atoms with Crippen LogP contribution in [0.4, 0.5) is 0 Å². The first kappa shape index (κ1) is 10.8. The molecule has 0 saturated carbocycles.